The van der Waals surface area contributed by atoms with Crippen LogP contribution in [0.15, 0.2) is 140 Å². The zero-order chi connectivity index (χ0) is 92.0. The lowest BCUT2D eigenvalue weighted by Crippen LogP contribution is -2.56. The Morgan fingerprint density at radius 3 is 1.17 bits per heavy atom. The first kappa shape index (κ1) is 103. The number of aromatic carboxylic acids is 1. The Kier molecular flexibility index (Phi) is 35.7. The number of imide groups is 2. The Bertz CT molecular complexity index is 4620. The van der Waals surface area contributed by atoms with Gasteiger partial charge in [0.25, 0.3) is 0 Å². The summed E-state index contributed by atoms with van der Waals surface area (Å²) >= 11 is 2.65. The van der Waals surface area contributed by atoms with Crippen LogP contribution in [-0.2, 0) is 80.7 Å². The van der Waals surface area contributed by atoms with Crippen molar-refractivity contribution in [1.29, 1.82) is 0 Å². The number of para-hydroxylation sites is 2. The van der Waals surface area contributed by atoms with Crippen LogP contribution in [0.5, 0.6) is 23.3 Å². The summed E-state index contributed by atoms with van der Waals surface area (Å²) in [6, 6.07) is 22.1. The summed E-state index contributed by atoms with van der Waals surface area (Å²) in [4.78, 5) is 123. The summed E-state index contributed by atoms with van der Waals surface area (Å²) in [5.41, 5.74) is -10.7. The fourth-order valence-corrected chi connectivity index (χ4v) is 9.84. The van der Waals surface area contributed by atoms with Gasteiger partial charge in [0.05, 0.1) is 50.0 Å². The number of benzene rings is 3. The lowest BCUT2D eigenvalue weighted by atomic mass is 9.92. The molecule has 27 nitrogen and oxygen atoms in total. The summed E-state index contributed by atoms with van der Waals surface area (Å²) in [6.07, 6.45) is -22.5. The number of carbonyl (C=O) groups excluding carboxylic acids is 8. The van der Waals surface area contributed by atoms with Gasteiger partial charge in [-0.15, -0.1) is 19.7 Å². The summed E-state index contributed by atoms with van der Waals surface area (Å²) in [6.45, 7) is 31.8. The van der Waals surface area contributed by atoms with Crippen molar-refractivity contribution in [2.75, 3.05) is 35.9 Å². The van der Waals surface area contributed by atoms with E-state index in [0.717, 1.165) is 20.3 Å². The lowest BCUT2D eigenvalue weighted by Gasteiger charge is -2.33. The first-order valence-electron chi connectivity index (χ1n) is 35.2. The van der Waals surface area contributed by atoms with Gasteiger partial charge in [-0.05, 0) is 180 Å². The van der Waals surface area contributed by atoms with E-state index in [2.05, 4.69) is 55.4 Å². The maximum absolute atomic E-state index is 14.3. The molecule has 0 radical (unpaired) electrons. The number of carboxylic acid groups (broad SMARTS) is 1. The molecule has 0 aliphatic rings. The number of nitrogens with zero attached hydrogens (tertiary/aromatic N) is 5. The number of halogens is 13. The molecule has 656 valence electrons. The van der Waals surface area contributed by atoms with Crippen LogP contribution in [0.25, 0.3) is 0 Å². The number of carboxylic acids is 1. The number of amides is 5. The minimum absolute atomic E-state index is 0.0232. The number of nitrogens with two attached hydrogens (primary N) is 1. The summed E-state index contributed by atoms with van der Waals surface area (Å²) in [5.74, 6) is -7.19. The topological polar surface area (TPSA) is 349 Å². The van der Waals surface area contributed by atoms with Gasteiger partial charge in [-0.25, -0.2) is 53.3 Å². The lowest BCUT2D eigenvalue weighted by molar-refractivity contribution is -0.268. The van der Waals surface area contributed by atoms with E-state index in [1.165, 1.54) is 113 Å². The van der Waals surface area contributed by atoms with Crippen LogP contribution in [0.4, 0.5) is 93.7 Å². The Hall–Kier alpha value is -11.7. The van der Waals surface area contributed by atoms with Crippen molar-refractivity contribution in [3.63, 3.8) is 0 Å². The number of Topliss-reactive ketones (excluding diaryl/α,β-unsaturated/α-hetero) is 1. The van der Waals surface area contributed by atoms with Gasteiger partial charge in [0.1, 0.15) is 55.2 Å². The average molecular weight is 1780 g/mol. The molecule has 40 heteroatoms. The molecule has 0 aliphatic carbocycles. The molecule has 1 unspecified atom stereocenters. The zero-order valence-electron chi connectivity index (χ0n) is 68.1. The number of rotatable bonds is 21. The molecule has 0 saturated heterocycles. The number of carbonyl (C=O) groups is 9. The van der Waals surface area contributed by atoms with Crippen molar-refractivity contribution in [1.82, 2.24) is 15.0 Å². The van der Waals surface area contributed by atoms with Gasteiger partial charge in [-0.2, -0.15) is 62.5 Å². The highest BCUT2D eigenvalue weighted by Gasteiger charge is 2.60. The smallest absolute Gasteiger partial charge is 0.425 e. The molecule has 1 atom stereocenters. The third-order valence-corrected chi connectivity index (χ3v) is 14.8. The highest BCUT2D eigenvalue weighted by Crippen LogP contribution is 2.45. The number of anilines is 3. The van der Waals surface area contributed by atoms with E-state index in [4.69, 9.17) is 48.4 Å². The second kappa shape index (κ2) is 41.8. The molecule has 0 bridgehead atoms. The molecule has 4 N–H and O–H groups in total. The molecule has 120 heavy (non-hydrogen) atoms. The number of hydrogen-bond acceptors (Lipinski definition) is 23. The average Bonchev–Trinajstić information content (AvgIpc) is 0.776. The third-order valence-electron chi connectivity index (χ3n) is 14.1. The van der Waals surface area contributed by atoms with Gasteiger partial charge < -0.3 is 58.2 Å². The maximum atomic E-state index is 14.3. The quantitative estimate of drug-likeness (QED) is 0.0198. The Labute approximate surface area is 690 Å². The molecule has 3 heterocycles. The van der Waals surface area contributed by atoms with Crippen molar-refractivity contribution >= 4 is 87.1 Å². The molecule has 0 aliphatic heterocycles. The van der Waals surface area contributed by atoms with E-state index < -0.39 is 193 Å². The van der Waals surface area contributed by atoms with Crippen molar-refractivity contribution in [3.8, 4) is 23.3 Å². The van der Waals surface area contributed by atoms with E-state index in [1.54, 1.807) is 81.4 Å². The summed E-state index contributed by atoms with van der Waals surface area (Å²) < 4.78 is 214. The second-order valence-electron chi connectivity index (χ2n) is 29.8. The van der Waals surface area contributed by atoms with Gasteiger partial charge in [-0.1, -0.05) is 85.0 Å². The van der Waals surface area contributed by atoms with Gasteiger partial charge in [0.2, 0.25) is 17.4 Å². The van der Waals surface area contributed by atoms with Crippen LogP contribution in [-0.4, -0.2) is 135 Å². The number of ether oxygens (including phenoxy) is 10. The number of nitrogens with one attached hydrogen (secondary N) is 1. The summed E-state index contributed by atoms with van der Waals surface area (Å²) in [7, 11) is 1.92. The van der Waals surface area contributed by atoms with Crippen LogP contribution < -0.4 is 30.3 Å². The fraction of sp³-hybridized carbons (Fsp3) is 0.400. The largest absolute Gasteiger partial charge is 0.476 e. The molecule has 0 spiro atoms. The molecule has 0 fully saturated rings. The Morgan fingerprint density at radius 1 is 0.483 bits per heavy atom. The van der Waals surface area contributed by atoms with Gasteiger partial charge >= 0.3 is 73.1 Å². The van der Waals surface area contributed by atoms with Gasteiger partial charge in [0.15, 0.2) is 22.9 Å². The minimum Gasteiger partial charge on any atom is -0.476 e. The molecule has 6 aromatic rings. The number of methoxy groups -OCH3 is 2. The van der Waals surface area contributed by atoms with E-state index >= 15 is 0 Å². The molecular weight excluding hydrogens is 1690 g/mol. The number of aromatic nitrogens is 3. The molecule has 6 rings (SSSR count). The first-order valence-corrected chi connectivity index (χ1v) is 36.0. The second-order valence-corrected chi connectivity index (χ2v) is 30.5. The van der Waals surface area contributed by atoms with Crippen molar-refractivity contribution in [3.05, 3.63) is 190 Å². The normalized spacial score (nSPS) is 12.3. The highest BCUT2D eigenvalue weighted by molar-refractivity contribution is 9.10. The molecule has 0 saturated carbocycles. The van der Waals surface area contributed by atoms with E-state index in [-0.39, 0.29) is 34.3 Å². The zero-order valence-corrected chi connectivity index (χ0v) is 69.6. The van der Waals surface area contributed by atoms with Crippen molar-refractivity contribution in [2.45, 2.75) is 188 Å². The number of alkyl halides is 12. The standard InChI is InChI=1S/C27H31F3N2O7.C21H21F3N2O5.C18H22BrF3N2O6.C14H16F3NO2/c1-9-12-16-13-10-11-14-19(16)37-21-17(27(28,29)30)15-18(20(31-21)22(33)36-8)32(23(34)38-25(2,3)4)24(35)39-26(5,6)7;1-5-8-12-9-6-7-10-15(12)30-17-13(21(22,23)24)11-14(16(26-17)18(27)28)25-19(29)31-20(2,3)4;1-16(2,3)29-14(26)24(15(27)30-17(4,5)6)10-8-9(18(20,21)22)12(19)23-11(10)13(25)28-7;1-2-8-13(12(19)9-18,14(15,16)17)20-10-11-6-4-3-5-7-11/h9-11,13-15H,1,12H2,2-8H3;5-7,9-11H,1,8H2,2-4H3,(H,25,29)(H,27,28);8H,1-7H3;2-7H,1,8-10,18H2. The van der Waals surface area contributed by atoms with Crippen LogP contribution in [0, 0.1) is 0 Å². The van der Waals surface area contributed by atoms with Crippen molar-refractivity contribution < 1.29 is 148 Å². The monoisotopic (exact) mass is 1780 g/mol. The third kappa shape index (κ3) is 31.2. The molecule has 3 aromatic carbocycles. The van der Waals surface area contributed by atoms with Crippen LogP contribution in [0.3, 0.4) is 0 Å². The van der Waals surface area contributed by atoms with E-state index in [9.17, 15) is 101 Å². The fourth-order valence-electron chi connectivity index (χ4n) is 9.32. The van der Waals surface area contributed by atoms with Gasteiger partial charge in [-0.3, -0.25) is 10.1 Å². The number of allylic oxidation sites excluding steroid dienone is 2. The number of ketones is 1. The maximum Gasteiger partial charge on any atom is 0.425 e. The van der Waals surface area contributed by atoms with Crippen LogP contribution in [0.2, 0.25) is 0 Å². The number of esters is 2. The predicted octanol–water partition coefficient (Wildman–Crippen LogP) is 20.7. The molecule has 5 amide bonds. The first-order chi connectivity index (χ1) is 54.9. The summed E-state index contributed by atoms with van der Waals surface area (Å²) in [5, 5.41) is 11.4. The highest BCUT2D eigenvalue weighted by atomic mass is 79.9. The Morgan fingerprint density at radius 2 is 0.833 bits per heavy atom. The predicted molar refractivity (Wildman–Crippen MR) is 415 cm³/mol. The van der Waals surface area contributed by atoms with E-state index in [0.29, 0.717) is 41.3 Å². The number of hydrogen-bond donors (Lipinski definition) is 3. The van der Waals surface area contributed by atoms with E-state index in [1.807, 2.05) is 5.32 Å². The van der Waals surface area contributed by atoms with Crippen molar-refractivity contribution in [2.24, 2.45) is 5.73 Å². The van der Waals surface area contributed by atoms with Crippen LogP contribution in [0.1, 0.15) is 175 Å². The van der Waals surface area contributed by atoms with Gasteiger partial charge in [0, 0.05) is 6.42 Å². The molecular formula is C80H90BrF12N7O20. The van der Waals surface area contributed by atoms with Crippen LogP contribution >= 0.6 is 15.9 Å². The molecule has 3 aromatic heterocycles. The SMILES string of the molecule is C=CCC(OCc1ccccc1)(C(=O)CN)C(F)(F)F.C=CCc1ccccc1Oc1nc(C(=O)O)c(NC(=O)OC(C)(C)C)cc1C(F)(F)F.C=CCc1ccccc1Oc1nc(C(=O)OC)c(N(C(=O)OC(C)(C)C)C(=O)OC(C)(C)C)cc1C(F)(F)F.COC(=O)c1nc(Br)c(C(F)(F)F)cc1N(C(=O)OC(C)(C)C)C(=O)OC(C)(C)C. The number of pyridine rings is 3. The minimum atomic E-state index is -5.09. The Balaban J connectivity index is 0.000000423.